The fourth-order valence-electron chi connectivity index (χ4n) is 2.60. The molecule has 0 aromatic carbocycles. The van der Waals surface area contributed by atoms with Gasteiger partial charge in [0.2, 0.25) is 0 Å². The monoisotopic (exact) mass is 366 g/mol. The number of nitriles is 1. The van der Waals surface area contributed by atoms with Gasteiger partial charge in [0.15, 0.2) is 0 Å². The summed E-state index contributed by atoms with van der Waals surface area (Å²) in [4.78, 5) is 25.0. The molecule has 3 aromatic rings. The molecule has 3 aromatic heterocycles. The highest BCUT2D eigenvalue weighted by Crippen LogP contribution is 2.30. The lowest BCUT2D eigenvalue weighted by molar-refractivity contribution is 0.262. The van der Waals surface area contributed by atoms with E-state index >= 15 is 0 Å². The Balaban J connectivity index is 1.91. The number of halogens is 1. The third kappa shape index (κ3) is 3.71. The highest BCUT2D eigenvalue weighted by atomic mass is 35.5. The summed E-state index contributed by atoms with van der Waals surface area (Å²) in [6.07, 6.45) is 4.48. The number of pyridine rings is 3. The van der Waals surface area contributed by atoms with Gasteiger partial charge in [0.25, 0.3) is 0 Å². The van der Waals surface area contributed by atoms with Crippen molar-refractivity contribution in [3.05, 3.63) is 53.1 Å². The standard InChI is InChI=1S/C18H15ClN6O/c1-10(2)16-14(9-22-13-3-4-15(19)25-17(13)16)24-18(26)23-12-5-11(6-20)7-21-8-12/h3-5,7-10H,1-2H3,(H2,23,24,26). The van der Waals surface area contributed by atoms with Crippen LogP contribution in [0.25, 0.3) is 11.0 Å². The number of carbonyl (C=O) groups is 1. The molecular formula is C18H15ClN6O. The molecule has 0 spiro atoms. The third-order valence-electron chi connectivity index (χ3n) is 3.67. The van der Waals surface area contributed by atoms with Crippen LogP contribution in [0.2, 0.25) is 5.15 Å². The second-order valence-electron chi connectivity index (χ2n) is 5.90. The maximum atomic E-state index is 12.4. The number of aromatic nitrogens is 3. The fraction of sp³-hybridized carbons (Fsp3) is 0.167. The van der Waals surface area contributed by atoms with Crippen LogP contribution in [0.1, 0.15) is 30.9 Å². The molecule has 0 fully saturated rings. The van der Waals surface area contributed by atoms with Crippen LogP contribution in [0.5, 0.6) is 0 Å². The quantitative estimate of drug-likeness (QED) is 0.672. The number of fused-ring (bicyclic) bond motifs is 1. The van der Waals surface area contributed by atoms with Gasteiger partial charge >= 0.3 is 6.03 Å². The zero-order valence-corrected chi connectivity index (χ0v) is 14.9. The summed E-state index contributed by atoms with van der Waals surface area (Å²) in [6.45, 7) is 4.00. The summed E-state index contributed by atoms with van der Waals surface area (Å²) >= 11 is 6.02. The lowest BCUT2D eigenvalue weighted by Crippen LogP contribution is -2.21. The van der Waals surface area contributed by atoms with Gasteiger partial charge in [-0.3, -0.25) is 9.97 Å². The van der Waals surface area contributed by atoms with Crippen molar-refractivity contribution < 1.29 is 4.79 Å². The molecule has 0 bridgehead atoms. The maximum absolute atomic E-state index is 12.4. The van der Waals surface area contributed by atoms with Gasteiger partial charge < -0.3 is 10.6 Å². The first kappa shape index (κ1) is 17.6. The van der Waals surface area contributed by atoms with E-state index in [9.17, 15) is 4.79 Å². The van der Waals surface area contributed by atoms with Crippen molar-refractivity contribution in [2.45, 2.75) is 19.8 Å². The summed E-state index contributed by atoms with van der Waals surface area (Å²) in [7, 11) is 0. The minimum Gasteiger partial charge on any atom is -0.306 e. The number of carbonyl (C=O) groups excluding carboxylic acids is 1. The summed E-state index contributed by atoms with van der Waals surface area (Å²) in [5.74, 6) is 0.0883. The van der Waals surface area contributed by atoms with E-state index in [0.29, 0.717) is 33.1 Å². The van der Waals surface area contributed by atoms with Gasteiger partial charge in [-0.25, -0.2) is 9.78 Å². The first-order valence-electron chi connectivity index (χ1n) is 7.86. The molecule has 26 heavy (non-hydrogen) atoms. The summed E-state index contributed by atoms with van der Waals surface area (Å²) in [5, 5.41) is 14.7. The van der Waals surface area contributed by atoms with Crippen LogP contribution in [0.3, 0.4) is 0 Å². The van der Waals surface area contributed by atoms with E-state index in [-0.39, 0.29) is 5.92 Å². The number of anilines is 2. The first-order valence-corrected chi connectivity index (χ1v) is 8.24. The van der Waals surface area contributed by atoms with Crippen LogP contribution in [0.4, 0.5) is 16.2 Å². The van der Waals surface area contributed by atoms with Crippen LogP contribution in [0.15, 0.2) is 36.8 Å². The molecule has 2 amide bonds. The average molecular weight is 367 g/mol. The predicted octanol–water partition coefficient (Wildman–Crippen LogP) is 4.32. The molecule has 0 radical (unpaired) electrons. The molecule has 0 atom stereocenters. The maximum Gasteiger partial charge on any atom is 0.323 e. The largest absolute Gasteiger partial charge is 0.323 e. The normalized spacial score (nSPS) is 10.6. The van der Waals surface area contributed by atoms with Crippen molar-refractivity contribution in [3.63, 3.8) is 0 Å². The number of rotatable bonds is 3. The Morgan fingerprint density at radius 3 is 2.77 bits per heavy atom. The first-order chi connectivity index (χ1) is 12.5. The Kier molecular flexibility index (Phi) is 4.96. The van der Waals surface area contributed by atoms with Crippen LogP contribution >= 0.6 is 11.6 Å². The molecule has 3 rings (SSSR count). The highest BCUT2D eigenvalue weighted by Gasteiger charge is 2.16. The van der Waals surface area contributed by atoms with Crippen molar-refractivity contribution >= 4 is 40.0 Å². The van der Waals surface area contributed by atoms with Gasteiger partial charge in [0.05, 0.1) is 40.4 Å². The van der Waals surface area contributed by atoms with Crippen molar-refractivity contribution in [2.24, 2.45) is 0 Å². The molecule has 0 saturated heterocycles. The number of nitrogens with zero attached hydrogens (tertiary/aromatic N) is 4. The van der Waals surface area contributed by atoms with E-state index in [1.165, 1.54) is 18.5 Å². The molecule has 0 aliphatic heterocycles. The Bertz CT molecular complexity index is 1030. The molecule has 130 valence electrons. The van der Waals surface area contributed by atoms with Crippen molar-refractivity contribution in [1.29, 1.82) is 5.26 Å². The molecule has 7 nitrogen and oxygen atoms in total. The van der Waals surface area contributed by atoms with Gasteiger partial charge in [-0.15, -0.1) is 0 Å². The van der Waals surface area contributed by atoms with E-state index in [2.05, 4.69) is 25.6 Å². The molecule has 0 aliphatic rings. The zero-order valence-electron chi connectivity index (χ0n) is 14.1. The van der Waals surface area contributed by atoms with Gasteiger partial charge in [-0.05, 0) is 24.1 Å². The van der Waals surface area contributed by atoms with Crippen LogP contribution in [0, 0.1) is 11.3 Å². The van der Waals surface area contributed by atoms with E-state index in [1.54, 1.807) is 18.3 Å². The van der Waals surface area contributed by atoms with Crippen molar-refractivity contribution in [2.75, 3.05) is 10.6 Å². The summed E-state index contributed by atoms with van der Waals surface area (Å²) in [5.41, 5.74) is 3.52. The Morgan fingerprint density at radius 1 is 1.23 bits per heavy atom. The Hall–Kier alpha value is -3.24. The van der Waals surface area contributed by atoms with E-state index in [1.807, 2.05) is 19.9 Å². The van der Waals surface area contributed by atoms with Gasteiger partial charge in [-0.1, -0.05) is 25.4 Å². The highest BCUT2D eigenvalue weighted by molar-refractivity contribution is 6.29. The van der Waals surface area contributed by atoms with Gasteiger partial charge in [0.1, 0.15) is 11.2 Å². The molecule has 0 aliphatic carbocycles. The lowest BCUT2D eigenvalue weighted by Gasteiger charge is -2.16. The molecule has 0 saturated carbocycles. The number of urea groups is 1. The van der Waals surface area contributed by atoms with Crippen LogP contribution < -0.4 is 10.6 Å². The summed E-state index contributed by atoms with van der Waals surface area (Å²) in [6, 6.07) is 6.51. The minimum absolute atomic E-state index is 0.0883. The molecule has 3 heterocycles. The predicted molar refractivity (Wildman–Crippen MR) is 100 cm³/mol. The number of amides is 2. The Morgan fingerprint density at radius 2 is 2.04 bits per heavy atom. The van der Waals surface area contributed by atoms with E-state index in [0.717, 1.165) is 5.56 Å². The van der Waals surface area contributed by atoms with Gasteiger partial charge in [-0.2, -0.15) is 5.26 Å². The number of nitrogens with one attached hydrogen (secondary N) is 2. The van der Waals surface area contributed by atoms with Crippen molar-refractivity contribution in [3.8, 4) is 6.07 Å². The summed E-state index contributed by atoms with van der Waals surface area (Å²) < 4.78 is 0. The average Bonchev–Trinajstić information content (AvgIpc) is 2.61. The fourth-order valence-corrected chi connectivity index (χ4v) is 2.75. The smallest absolute Gasteiger partial charge is 0.306 e. The number of hydrogen-bond donors (Lipinski definition) is 2. The molecule has 8 heteroatoms. The van der Waals surface area contributed by atoms with E-state index < -0.39 is 6.03 Å². The number of hydrogen-bond acceptors (Lipinski definition) is 5. The second kappa shape index (κ2) is 7.33. The molecule has 2 N–H and O–H groups in total. The molecule has 0 unspecified atom stereocenters. The third-order valence-corrected chi connectivity index (χ3v) is 3.88. The van der Waals surface area contributed by atoms with Crippen molar-refractivity contribution in [1.82, 2.24) is 15.0 Å². The van der Waals surface area contributed by atoms with Crippen LogP contribution in [-0.2, 0) is 0 Å². The topological polar surface area (TPSA) is 104 Å². The SMILES string of the molecule is CC(C)c1c(NC(=O)Nc2cncc(C#N)c2)cnc2ccc(Cl)nc12. The zero-order chi connectivity index (χ0) is 18.7. The second-order valence-corrected chi connectivity index (χ2v) is 6.28. The minimum atomic E-state index is -0.466. The lowest BCUT2D eigenvalue weighted by atomic mass is 10.0. The van der Waals surface area contributed by atoms with Crippen LogP contribution in [-0.4, -0.2) is 21.0 Å². The Labute approximate surface area is 155 Å². The van der Waals surface area contributed by atoms with Gasteiger partial charge in [0, 0.05) is 11.8 Å². The molecular weight excluding hydrogens is 352 g/mol. The van der Waals surface area contributed by atoms with E-state index in [4.69, 9.17) is 16.9 Å².